The quantitative estimate of drug-likeness (QED) is 0.517. The van der Waals surface area contributed by atoms with Crippen LogP contribution in [-0.4, -0.2) is 19.8 Å². The van der Waals surface area contributed by atoms with Crippen LogP contribution >= 0.6 is 0 Å². The van der Waals surface area contributed by atoms with E-state index >= 15 is 0 Å². The molecule has 0 unspecified atom stereocenters. The molecule has 0 radical (unpaired) electrons. The van der Waals surface area contributed by atoms with Crippen molar-refractivity contribution < 1.29 is 13.5 Å². The number of aryl methyl sites for hydroxylation is 1. The highest BCUT2D eigenvalue weighted by atomic mass is 32.2. The maximum atomic E-state index is 11.2. The fourth-order valence-electron chi connectivity index (χ4n) is 1.09. The highest BCUT2D eigenvalue weighted by Crippen LogP contribution is 2.26. The topological polar surface area (TPSA) is 80.4 Å². The van der Waals surface area contributed by atoms with Crippen LogP contribution in [0.2, 0.25) is 0 Å². The van der Waals surface area contributed by atoms with Gasteiger partial charge in [-0.2, -0.15) is 0 Å². The van der Waals surface area contributed by atoms with E-state index in [1.807, 2.05) is 0 Å². The van der Waals surface area contributed by atoms with Gasteiger partial charge in [0, 0.05) is 6.26 Å². The van der Waals surface area contributed by atoms with Gasteiger partial charge in [0.2, 0.25) is 0 Å². The van der Waals surface area contributed by atoms with Gasteiger partial charge in [-0.15, -0.1) is 0 Å². The van der Waals surface area contributed by atoms with Gasteiger partial charge in [-0.1, -0.05) is 0 Å². The molecule has 13 heavy (non-hydrogen) atoms. The van der Waals surface area contributed by atoms with Crippen LogP contribution in [0.5, 0.6) is 5.75 Å². The van der Waals surface area contributed by atoms with Crippen molar-refractivity contribution >= 4 is 15.5 Å². The lowest BCUT2D eigenvalue weighted by molar-refractivity contribution is 0.477. The highest BCUT2D eigenvalue weighted by molar-refractivity contribution is 7.90. The molecule has 1 aromatic rings. The molecule has 0 aromatic heterocycles. The van der Waals surface area contributed by atoms with Gasteiger partial charge in [0.25, 0.3) is 0 Å². The Kier molecular flexibility index (Phi) is 2.21. The first kappa shape index (κ1) is 9.85. The summed E-state index contributed by atoms with van der Waals surface area (Å²) in [4.78, 5) is 0.155. The first-order valence-corrected chi connectivity index (χ1v) is 5.50. The van der Waals surface area contributed by atoms with E-state index in [9.17, 15) is 13.5 Å². The van der Waals surface area contributed by atoms with Gasteiger partial charge < -0.3 is 10.8 Å². The Morgan fingerprint density at radius 1 is 1.38 bits per heavy atom. The van der Waals surface area contributed by atoms with E-state index in [0.29, 0.717) is 5.56 Å². The average Bonchev–Trinajstić information content (AvgIpc) is 1.94. The van der Waals surface area contributed by atoms with Crippen LogP contribution in [0.4, 0.5) is 5.69 Å². The molecule has 0 bridgehead atoms. The first-order chi connectivity index (χ1) is 5.82. The normalized spacial score (nSPS) is 11.5. The molecule has 0 amide bonds. The number of hydrogen-bond donors (Lipinski definition) is 2. The van der Waals surface area contributed by atoms with Crippen molar-refractivity contribution in [3.63, 3.8) is 0 Å². The maximum absolute atomic E-state index is 11.2. The second kappa shape index (κ2) is 2.92. The molecule has 0 aliphatic rings. The largest absolute Gasteiger partial charge is 0.506 e. The van der Waals surface area contributed by atoms with Gasteiger partial charge >= 0.3 is 0 Å². The molecule has 1 rings (SSSR count). The van der Waals surface area contributed by atoms with Crippen LogP contribution in [0, 0.1) is 6.92 Å². The van der Waals surface area contributed by atoms with E-state index in [1.165, 1.54) is 12.1 Å². The van der Waals surface area contributed by atoms with Gasteiger partial charge in [0.1, 0.15) is 5.75 Å². The molecule has 3 N–H and O–H groups in total. The number of phenols is 1. The molecule has 1 aromatic carbocycles. The zero-order valence-corrected chi connectivity index (χ0v) is 8.22. The van der Waals surface area contributed by atoms with Crippen molar-refractivity contribution in [2.75, 3.05) is 12.0 Å². The molecule has 72 valence electrons. The van der Waals surface area contributed by atoms with Crippen molar-refractivity contribution in [3.8, 4) is 5.75 Å². The van der Waals surface area contributed by atoms with E-state index in [0.717, 1.165) is 6.26 Å². The van der Waals surface area contributed by atoms with Gasteiger partial charge in [-0.3, -0.25) is 0 Å². The molecule has 0 spiro atoms. The summed E-state index contributed by atoms with van der Waals surface area (Å²) in [5, 5.41) is 9.17. The number of aromatic hydroxyl groups is 1. The Labute approximate surface area is 76.9 Å². The standard InChI is InChI=1S/C8H11NO3S/c1-5-3-7(10)6(9)4-8(5)13(2,11)12/h3-4,10H,9H2,1-2H3. The number of nitrogen functional groups attached to an aromatic ring is 1. The summed E-state index contributed by atoms with van der Waals surface area (Å²) < 4.78 is 22.4. The molecule has 5 heteroatoms. The van der Waals surface area contributed by atoms with Gasteiger partial charge in [-0.05, 0) is 24.6 Å². The number of sulfone groups is 1. The summed E-state index contributed by atoms with van der Waals surface area (Å²) in [5.41, 5.74) is 5.94. The number of nitrogens with two attached hydrogens (primary N) is 1. The molecule has 0 saturated carbocycles. The summed E-state index contributed by atoms with van der Waals surface area (Å²) in [5.74, 6) is -0.0927. The van der Waals surface area contributed by atoms with Crippen LogP contribution in [0.15, 0.2) is 17.0 Å². The van der Waals surface area contributed by atoms with Crippen molar-refractivity contribution in [1.82, 2.24) is 0 Å². The summed E-state index contributed by atoms with van der Waals surface area (Å²) in [6, 6.07) is 2.60. The predicted octanol–water partition coefficient (Wildman–Crippen LogP) is 0.686. The Morgan fingerprint density at radius 3 is 2.38 bits per heavy atom. The number of hydrogen-bond acceptors (Lipinski definition) is 4. The minimum absolute atomic E-state index is 0.0750. The Hall–Kier alpha value is -1.23. The number of benzene rings is 1. The molecule has 0 fully saturated rings. The molecule has 0 heterocycles. The Morgan fingerprint density at radius 2 is 1.92 bits per heavy atom. The fourth-order valence-corrected chi connectivity index (χ4v) is 2.07. The van der Waals surface area contributed by atoms with Crippen molar-refractivity contribution in [2.24, 2.45) is 0 Å². The lowest BCUT2D eigenvalue weighted by Crippen LogP contribution is -2.01. The zero-order valence-electron chi connectivity index (χ0n) is 7.40. The van der Waals surface area contributed by atoms with Crippen molar-refractivity contribution in [3.05, 3.63) is 17.7 Å². The summed E-state index contributed by atoms with van der Waals surface area (Å²) in [7, 11) is -3.26. The molecule has 0 aliphatic heterocycles. The van der Waals surface area contributed by atoms with Crippen molar-refractivity contribution in [1.29, 1.82) is 0 Å². The third-order valence-corrected chi connectivity index (χ3v) is 2.96. The predicted molar refractivity (Wildman–Crippen MR) is 50.4 cm³/mol. The second-order valence-corrected chi connectivity index (χ2v) is 4.93. The summed E-state index contributed by atoms with van der Waals surface area (Å²) in [6.45, 7) is 1.61. The SMILES string of the molecule is Cc1cc(O)c(N)cc1S(C)(=O)=O. The lowest BCUT2D eigenvalue weighted by atomic mass is 10.2. The molecule has 0 atom stereocenters. The number of phenolic OH excluding ortho intramolecular Hbond substituents is 1. The maximum Gasteiger partial charge on any atom is 0.175 e. The minimum atomic E-state index is -3.26. The van der Waals surface area contributed by atoms with E-state index in [-0.39, 0.29) is 16.3 Å². The molecule has 4 nitrogen and oxygen atoms in total. The van der Waals surface area contributed by atoms with Gasteiger partial charge in [0.15, 0.2) is 9.84 Å². The lowest BCUT2D eigenvalue weighted by Gasteiger charge is -2.06. The van der Waals surface area contributed by atoms with E-state index in [1.54, 1.807) is 6.92 Å². The second-order valence-electron chi connectivity index (χ2n) is 2.95. The highest BCUT2D eigenvalue weighted by Gasteiger charge is 2.12. The Bertz CT molecular complexity index is 437. The average molecular weight is 201 g/mol. The molecular formula is C8H11NO3S. The third-order valence-electron chi connectivity index (χ3n) is 1.72. The smallest absolute Gasteiger partial charge is 0.175 e. The van der Waals surface area contributed by atoms with Crippen LogP contribution in [0.3, 0.4) is 0 Å². The van der Waals surface area contributed by atoms with Gasteiger partial charge in [0.05, 0.1) is 10.6 Å². The monoisotopic (exact) mass is 201 g/mol. The number of anilines is 1. The zero-order chi connectivity index (χ0) is 10.2. The molecular weight excluding hydrogens is 190 g/mol. The fraction of sp³-hybridized carbons (Fsp3) is 0.250. The Balaban J connectivity index is 3.50. The van der Waals surface area contributed by atoms with Crippen LogP contribution < -0.4 is 5.73 Å². The third kappa shape index (κ3) is 1.92. The van der Waals surface area contributed by atoms with E-state index in [4.69, 9.17) is 5.73 Å². The van der Waals surface area contributed by atoms with E-state index in [2.05, 4.69) is 0 Å². The van der Waals surface area contributed by atoms with Crippen LogP contribution in [0.25, 0.3) is 0 Å². The molecule has 0 saturated heterocycles. The summed E-state index contributed by atoms with van der Waals surface area (Å²) in [6.07, 6.45) is 1.10. The van der Waals surface area contributed by atoms with Crippen LogP contribution in [-0.2, 0) is 9.84 Å². The summed E-state index contributed by atoms with van der Waals surface area (Å²) >= 11 is 0. The first-order valence-electron chi connectivity index (χ1n) is 3.61. The number of rotatable bonds is 1. The minimum Gasteiger partial charge on any atom is -0.506 e. The van der Waals surface area contributed by atoms with E-state index < -0.39 is 9.84 Å². The van der Waals surface area contributed by atoms with Gasteiger partial charge in [-0.25, -0.2) is 8.42 Å². The van der Waals surface area contributed by atoms with Crippen LogP contribution in [0.1, 0.15) is 5.56 Å². The van der Waals surface area contributed by atoms with Crippen molar-refractivity contribution in [2.45, 2.75) is 11.8 Å². The molecule has 0 aliphatic carbocycles.